The van der Waals surface area contributed by atoms with E-state index in [9.17, 15) is 9.59 Å². The zero-order valence-electron chi connectivity index (χ0n) is 17.2. The van der Waals surface area contributed by atoms with Crippen molar-refractivity contribution in [2.45, 2.75) is 25.7 Å². The van der Waals surface area contributed by atoms with E-state index in [4.69, 9.17) is 18.9 Å². The molecule has 0 atom stereocenters. The van der Waals surface area contributed by atoms with Gasteiger partial charge in [0.25, 0.3) is 11.8 Å². The molecule has 2 heterocycles. The topological polar surface area (TPSA) is 74.3 Å². The second-order valence-corrected chi connectivity index (χ2v) is 8.12. The molecule has 0 unspecified atom stereocenters. The monoisotopic (exact) mass is 489 g/mol. The Morgan fingerprint density at radius 3 is 2.35 bits per heavy atom. The lowest BCUT2D eigenvalue weighted by atomic mass is 10.1. The van der Waals surface area contributed by atoms with Crippen molar-refractivity contribution < 1.29 is 28.5 Å². The molecule has 1 fully saturated rings. The van der Waals surface area contributed by atoms with E-state index in [-0.39, 0.29) is 17.9 Å². The lowest BCUT2D eigenvalue weighted by Gasteiger charge is -2.30. The van der Waals surface area contributed by atoms with Crippen LogP contribution in [0.3, 0.4) is 0 Å². The molecule has 0 N–H and O–H groups in total. The fourth-order valence-corrected chi connectivity index (χ4v) is 4.18. The minimum Gasteiger partial charge on any atom is -0.494 e. The normalized spacial score (nSPS) is 20.8. The molecular weight excluding hydrogens is 466 g/mol. The van der Waals surface area contributed by atoms with Crippen LogP contribution < -0.4 is 4.74 Å². The summed E-state index contributed by atoms with van der Waals surface area (Å²) in [6.45, 7) is 4.07. The zero-order chi connectivity index (χ0) is 21.8. The van der Waals surface area contributed by atoms with Gasteiger partial charge in [0.1, 0.15) is 11.9 Å². The highest BCUT2D eigenvalue weighted by Gasteiger charge is 2.34. The third kappa shape index (κ3) is 4.82. The lowest BCUT2D eigenvalue weighted by Crippen LogP contribution is -2.35. The Morgan fingerprint density at radius 1 is 1.06 bits per heavy atom. The Bertz CT molecular complexity index is 922. The third-order valence-electron chi connectivity index (χ3n) is 5.16. The van der Waals surface area contributed by atoms with Crippen LogP contribution >= 0.6 is 15.9 Å². The summed E-state index contributed by atoms with van der Waals surface area (Å²) in [6.07, 6.45) is -0.112. The second-order valence-electron chi connectivity index (χ2n) is 7.27. The lowest BCUT2D eigenvalue weighted by molar-refractivity contribution is -0.230. The molecule has 1 saturated heterocycles. The van der Waals surface area contributed by atoms with Gasteiger partial charge >= 0.3 is 0 Å². The highest BCUT2D eigenvalue weighted by Crippen LogP contribution is 2.32. The van der Waals surface area contributed by atoms with E-state index in [1.165, 1.54) is 4.90 Å². The Labute approximate surface area is 189 Å². The van der Waals surface area contributed by atoms with Gasteiger partial charge in [-0.2, -0.15) is 0 Å². The second kappa shape index (κ2) is 9.91. The van der Waals surface area contributed by atoms with Gasteiger partial charge < -0.3 is 18.9 Å². The van der Waals surface area contributed by atoms with Crippen LogP contribution in [0.25, 0.3) is 0 Å². The average Bonchev–Trinajstić information content (AvgIpc) is 3.02. The first-order valence-corrected chi connectivity index (χ1v) is 11.1. The molecule has 31 heavy (non-hydrogen) atoms. The summed E-state index contributed by atoms with van der Waals surface area (Å²) in [5.41, 5.74) is 1.83. The molecule has 0 aliphatic carbocycles. The van der Waals surface area contributed by atoms with E-state index < -0.39 is 6.29 Å². The summed E-state index contributed by atoms with van der Waals surface area (Å²) >= 11 is 3.54. The Kier molecular flexibility index (Phi) is 7.02. The number of halogens is 1. The van der Waals surface area contributed by atoms with Crippen LogP contribution in [0.4, 0.5) is 0 Å². The quantitative estimate of drug-likeness (QED) is 0.412. The van der Waals surface area contributed by atoms with Gasteiger partial charge in [-0.3, -0.25) is 14.5 Å². The molecule has 8 heteroatoms. The standard InChI is InChI=1S/C23H24BrNO6/c1-2-28-15-8-9-19(20(24)12-15)23-30-13-16(14-31-23)29-11-5-10-25-21(26)17-6-3-4-7-18(17)22(25)27/h3-4,6-9,12,16,23H,2,5,10-11,13-14H2,1H3. The molecule has 0 bridgehead atoms. The SMILES string of the molecule is CCOc1ccc(C2OCC(OCCCN3C(=O)c4ccccc4C3=O)CO2)c(Br)c1. The highest BCUT2D eigenvalue weighted by atomic mass is 79.9. The predicted molar refractivity (Wildman–Crippen MR) is 116 cm³/mol. The number of imide groups is 1. The highest BCUT2D eigenvalue weighted by molar-refractivity contribution is 9.10. The minimum atomic E-state index is -0.469. The van der Waals surface area contributed by atoms with Gasteiger partial charge in [-0.05, 0) is 43.7 Å². The molecule has 0 radical (unpaired) electrons. The average molecular weight is 490 g/mol. The van der Waals surface area contributed by atoms with Gasteiger partial charge in [-0.15, -0.1) is 0 Å². The summed E-state index contributed by atoms with van der Waals surface area (Å²) in [5.74, 6) is 0.302. The molecule has 2 aromatic carbocycles. The van der Waals surface area contributed by atoms with Gasteiger partial charge in [0.15, 0.2) is 6.29 Å². The molecule has 2 aromatic rings. The maximum absolute atomic E-state index is 12.4. The van der Waals surface area contributed by atoms with Crippen molar-refractivity contribution in [3.63, 3.8) is 0 Å². The van der Waals surface area contributed by atoms with Crippen LogP contribution in [0.15, 0.2) is 46.9 Å². The van der Waals surface area contributed by atoms with Crippen molar-refractivity contribution >= 4 is 27.7 Å². The molecule has 164 valence electrons. The summed E-state index contributed by atoms with van der Waals surface area (Å²) in [4.78, 5) is 26.0. The van der Waals surface area contributed by atoms with Crippen molar-refractivity contribution in [3.8, 4) is 5.75 Å². The number of nitrogens with zero attached hydrogens (tertiary/aromatic N) is 1. The van der Waals surface area contributed by atoms with Crippen LogP contribution in [0.5, 0.6) is 5.75 Å². The van der Waals surface area contributed by atoms with Crippen molar-refractivity contribution in [2.75, 3.05) is 33.0 Å². The van der Waals surface area contributed by atoms with E-state index in [1.807, 2.05) is 25.1 Å². The summed E-state index contributed by atoms with van der Waals surface area (Å²) in [6, 6.07) is 12.6. The molecule has 2 aliphatic heterocycles. The number of benzene rings is 2. The maximum Gasteiger partial charge on any atom is 0.261 e. The number of ether oxygens (including phenoxy) is 4. The fraction of sp³-hybridized carbons (Fsp3) is 0.391. The first-order valence-electron chi connectivity index (χ1n) is 10.3. The zero-order valence-corrected chi connectivity index (χ0v) is 18.8. The van der Waals surface area contributed by atoms with Crippen molar-refractivity contribution in [2.24, 2.45) is 0 Å². The van der Waals surface area contributed by atoms with Crippen LogP contribution in [-0.4, -0.2) is 55.8 Å². The molecule has 4 rings (SSSR count). The molecule has 0 aromatic heterocycles. The number of carbonyl (C=O) groups is 2. The van der Waals surface area contributed by atoms with E-state index in [0.717, 1.165) is 15.8 Å². The van der Waals surface area contributed by atoms with Crippen molar-refractivity contribution in [3.05, 3.63) is 63.6 Å². The Balaban J connectivity index is 1.20. The number of hydrogen-bond acceptors (Lipinski definition) is 6. The summed E-state index contributed by atoms with van der Waals surface area (Å²) in [7, 11) is 0. The largest absolute Gasteiger partial charge is 0.494 e. The van der Waals surface area contributed by atoms with Crippen molar-refractivity contribution in [1.29, 1.82) is 0 Å². The number of carbonyl (C=O) groups excluding carboxylic acids is 2. The fourth-order valence-electron chi connectivity index (χ4n) is 3.63. The third-order valence-corrected chi connectivity index (χ3v) is 5.85. The van der Waals surface area contributed by atoms with Gasteiger partial charge in [0.05, 0.1) is 30.9 Å². The Morgan fingerprint density at radius 2 is 1.74 bits per heavy atom. The van der Waals surface area contributed by atoms with Crippen LogP contribution in [-0.2, 0) is 14.2 Å². The first kappa shape index (κ1) is 22.0. The van der Waals surface area contributed by atoms with Crippen LogP contribution in [0.1, 0.15) is 45.9 Å². The molecular formula is C23H24BrNO6. The minimum absolute atomic E-state index is 0.195. The smallest absolute Gasteiger partial charge is 0.261 e. The first-order chi connectivity index (χ1) is 15.1. The molecule has 2 aliphatic rings. The van der Waals surface area contributed by atoms with Crippen LogP contribution in [0.2, 0.25) is 0 Å². The Hall–Kier alpha value is -2.26. The number of hydrogen-bond donors (Lipinski definition) is 0. The predicted octanol–water partition coefficient (Wildman–Crippen LogP) is 3.96. The van der Waals surface area contributed by atoms with E-state index in [2.05, 4.69) is 15.9 Å². The van der Waals surface area contributed by atoms with Crippen LogP contribution in [0, 0.1) is 0 Å². The molecule has 0 spiro atoms. The molecule has 0 saturated carbocycles. The summed E-state index contributed by atoms with van der Waals surface area (Å²) in [5, 5.41) is 0. The van der Waals surface area contributed by atoms with Gasteiger partial charge in [-0.1, -0.05) is 28.1 Å². The van der Waals surface area contributed by atoms with Gasteiger partial charge in [0.2, 0.25) is 0 Å². The summed E-state index contributed by atoms with van der Waals surface area (Å²) < 4.78 is 23.8. The number of amides is 2. The van der Waals surface area contributed by atoms with Gasteiger partial charge in [-0.25, -0.2) is 0 Å². The van der Waals surface area contributed by atoms with E-state index in [0.29, 0.717) is 50.5 Å². The molecule has 7 nitrogen and oxygen atoms in total. The van der Waals surface area contributed by atoms with E-state index in [1.54, 1.807) is 24.3 Å². The molecule has 2 amide bonds. The van der Waals surface area contributed by atoms with Crippen molar-refractivity contribution in [1.82, 2.24) is 4.90 Å². The number of fused-ring (bicyclic) bond motifs is 1. The van der Waals surface area contributed by atoms with Gasteiger partial charge in [0, 0.05) is 23.2 Å². The number of rotatable bonds is 8. The maximum atomic E-state index is 12.4. The van der Waals surface area contributed by atoms with E-state index >= 15 is 0 Å².